The molecule has 3 heteroatoms. The lowest BCUT2D eigenvalue weighted by atomic mass is 10.2. The topological polar surface area (TPSA) is 43.1 Å². The van der Waals surface area contributed by atoms with Crippen LogP contribution >= 0.6 is 0 Å². The Bertz CT molecular complexity index is 325. The number of benzene rings is 1. The first-order valence-corrected chi connectivity index (χ1v) is 6.04. The average molecular weight is 211 g/mol. The summed E-state index contributed by atoms with van der Waals surface area (Å²) < 4.78 is 12.0. The van der Waals surface area contributed by atoms with Gasteiger partial charge >= 0.3 is 0 Å². The summed E-state index contributed by atoms with van der Waals surface area (Å²) in [6.07, 6.45) is 0.806. The fraction of sp³-hybridized carbons (Fsp3) is 0.455. The summed E-state index contributed by atoms with van der Waals surface area (Å²) in [5.41, 5.74) is 6.54. The maximum Gasteiger partial charge on any atom is 0.0561 e. The van der Waals surface area contributed by atoms with Crippen LogP contribution in [0.2, 0.25) is 0 Å². The van der Waals surface area contributed by atoms with Crippen molar-refractivity contribution >= 4 is 10.8 Å². The lowest BCUT2D eigenvalue weighted by Crippen LogP contribution is -2.16. The zero-order valence-electron chi connectivity index (χ0n) is 8.69. The minimum absolute atomic E-state index is 0.140. The Balaban J connectivity index is 2.84. The van der Waals surface area contributed by atoms with E-state index in [4.69, 9.17) is 5.73 Å². The van der Waals surface area contributed by atoms with E-state index in [2.05, 4.69) is 0 Å². The Kier molecular flexibility index (Phi) is 4.29. The smallest absolute Gasteiger partial charge is 0.0561 e. The first kappa shape index (κ1) is 11.4. The van der Waals surface area contributed by atoms with Crippen molar-refractivity contribution in [2.24, 2.45) is 5.73 Å². The Hall–Kier alpha value is -0.670. The van der Waals surface area contributed by atoms with Crippen LogP contribution < -0.4 is 5.73 Å². The van der Waals surface area contributed by atoms with E-state index in [0.717, 1.165) is 16.9 Å². The molecule has 0 saturated carbocycles. The third kappa shape index (κ3) is 2.66. The fourth-order valence-electron chi connectivity index (χ4n) is 1.34. The highest BCUT2D eigenvalue weighted by Crippen LogP contribution is 2.16. The van der Waals surface area contributed by atoms with Gasteiger partial charge in [0.25, 0.3) is 0 Å². The highest BCUT2D eigenvalue weighted by Gasteiger charge is 2.13. The molecule has 78 valence electrons. The molecule has 1 rings (SSSR count). The zero-order chi connectivity index (χ0) is 10.6. The maximum absolute atomic E-state index is 12.0. The third-order valence-corrected chi connectivity index (χ3v) is 4.11. The second kappa shape index (κ2) is 5.27. The minimum atomic E-state index is -0.920. The molecule has 0 spiro atoms. The predicted octanol–water partition coefficient (Wildman–Crippen LogP) is 1.84. The Morgan fingerprint density at radius 1 is 1.43 bits per heavy atom. The van der Waals surface area contributed by atoms with Gasteiger partial charge in [-0.2, -0.15) is 0 Å². The summed E-state index contributed by atoms with van der Waals surface area (Å²) in [7, 11) is -0.920. The number of rotatable bonds is 4. The Morgan fingerprint density at radius 3 is 2.64 bits per heavy atom. The molecule has 2 atom stereocenters. The van der Waals surface area contributed by atoms with Gasteiger partial charge in [0.2, 0.25) is 0 Å². The van der Waals surface area contributed by atoms with Gasteiger partial charge in [-0.3, -0.25) is 4.21 Å². The molecule has 0 saturated heterocycles. The van der Waals surface area contributed by atoms with E-state index in [9.17, 15) is 4.21 Å². The molecule has 0 heterocycles. The van der Waals surface area contributed by atoms with E-state index in [1.54, 1.807) is 0 Å². The van der Waals surface area contributed by atoms with E-state index in [0.29, 0.717) is 6.54 Å². The van der Waals surface area contributed by atoms with Gasteiger partial charge in [0, 0.05) is 10.1 Å². The van der Waals surface area contributed by atoms with Gasteiger partial charge in [0.1, 0.15) is 0 Å². The molecule has 0 aromatic heterocycles. The molecule has 0 aliphatic rings. The molecule has 2 N–H and O–H groups in total. The van der Waals surface area contributed by atoms with E-state index in [1.807, 2.05) is 38.1 Å². The quantitative estimate of drug-likeness (QED) is 0.825. The van der Waals surface area contributed by atoms with Crippen molar-refractivity contribution < 1.29 is 4.21 Å². The second-order valence-electron chi connectivity index (χ2n) is 3.45. The van der Waals surface area contributed by atoms with E-state index < -0.39 is 10.8 Å². The van der Waals surface area contributed by atoms with Gasteiger partial charge < -0.3 is 5.73 Å². The summed E-state index contributed by atoms with van der Waals surface area (Å²) in [5.74, 6) is 0. The average Bonchev–Trinajstić information content (AvgIpc) is 2.18. The maximum atomic E-state index is 12.0. The summed E-state index contributed by atoms with van der Waals surface area (Å²) >= 11 is 0. The number of nitrogens with two attached hydrogens (primary N) is 1. The van der Waals surface area contributed by atoms with E-state index in [-0.39, 0.29) is 5.25 Å². The molecule has 14 heavy (non-hydrogen) atoms. The van der Waals surface area contributed by atoms with Gasteiger partial charge in [0.05, 0.1) is 10.8 Å². The first-order valence-electron chi connectivity index (χ1n) is 4.83. The molecule has 0 bridgehead atoms. The van der Waals surface area contributed by atoms with Crippen molar-refractivity contribution in [2.75, 3.05) is 6.54 Å². The zero-order valence-corrected chi connectivity index (χ0v) is 9.51. The monoisotopic (exact) mass is 211 g/mol. The fourth-order valence-corrected chi connectivity index (χ4v) is 2.72. The SMILES string of the molecule is Cc1ccccc1S(=O)C(C)CCN. The largest absolute Gasteiger partial charge is 0.330 e. The second-order valence-corrected chi connectivity index (χ2v) is 5.29. The molecule has 0 amide bonds. The van der Waals surface area contributed by atoms with Crippen molar-refractivity contribution in [3.05, 3.63) is 29.8 Å². The Morgan fingerprint density at radius 2 is 2.07 bits per heavy atom. The number of aryl methyl sites for hydroxylation is 1. The molecule has 2 unspecified atom stereocenters. The van der Waals surface area contributed by atoms with Gasteiger partial charge in [-0.05, 0) is 31.5 Å². The normalized spacial score (nSPS) is 15.1. The van der Waals surface area contributed by atoms with Gasteiger partial charge in [0.15, 0.2) is 0 Å². The van der Waals surface area contributed by atoms with Crippen LogP contribution in [0.25, 0.3) is 0 Å². The molecular formula is C11H17NOS. The number of hydrogen-bond donors (Lipinski definition) is 1. The van der Waals surface area contributed by atoms with Crippen molar-refractivity contribution in [3.63, 3.8) is 0 Å². The van der Waals surface area contributed by atoms with Crippen LogP contribution in [0.15, 0.2) is 29.2 Å². The standard InChI is InChI=1S/C11H17NOS/c1-9-5-3-4-6-11(9)14(13)10(2)7-8-12/h3-6,10H,7-8,12H2,1-2H3. The summed E-state index contributed by atoms with van der Waals surface area (Å²) in [5, 5.41) is 0.140. The van der Waals surface area contributed by atoms with Crippen LogP contribution in [0.4, 0.5) is 0 Å². The lowest BCUT2D eigenvalue weighted by Gasteiger charge is -2.11. The van der Waals surface area contributed by atoms with Crippen LogP contribution in [0.5, 0.6) is 0 Å². The van der Waals surface area contributed by atoms with Crippen molar-refractivity contribution in [1.82, 2.24) is 0 Å². The molecule has 1 aromatic carbocycles. The molecule has 0 aliphatic carbocycles. The molecule has 0 fully saturated rings. The van der Waals surface area contributed by atoms with Gasteiger partial charge in [-0.15, -0.1) is 0 Å². The van der Waals surface area contributed by atoms with Crippen molar-refractivity contribution in [1.29, 1.82) is 0 Å². The van der Waals surface area contributed by atoms with Crippen molar-refractivity contribution in [3.8, 4) is 0 Å². The highest BCUT2D eigenvalue weighted by atomic mass is 32.2. The van der Waals surface area contributed by atoms with Crippen LogP contribution in [-0.2, 0) is 10.8 Å². The lowest BCUT2D eigenvalue weighted by molar-refractivity contribution is 0.665. The highest BCUT2D eigenvalue weighted by molar-refractivity contribution is 7.85. The predicted molar refractivity (Wildman–Crippen MR) is 60.7 cm³/mol. The van der Waals surface area contributed by atoms with Crippen LogP contribution in [0.1, 0.15) is 18.9 Å². The summed E-state index contributed by atoms with van der Waals surface area (Å²) in [6, 6.07) is 7.81. The van der Waals surface area contributed by atoms with Crippen LogP contribution in [0.3, 0.4) is 0 Å². The Labute approximate surface area is 88.0 Å². The van der Waals surface area contributed by atoms with Crippen molar-refractivity contribution in [2.45, 2.75) is 30.4 Å². The minimum Gasteiger partial charge on any atom is -0.330 e. The first-order chi connectivity index (χ1) is 6.66. The molecular weight excluding hydrogens is 194 g/mol. The van der Waals surface area contributed by atoms with Gasteiger partial charge in [-0.1, -0.05) is 25.1 Å². The van der Waals surface area contributed by atoms with E-state index >= 15 is 0 Å². The summed E-state index contributed by atoms with van der Waals surface area (Å²) in [4.78, 5) is 0.938. The van der Waals surface area contributed by atoms with E-state index in [1.165, 1.54) is 0 Å². The molecule has 2 nitrogen and oxygen atoms in total. The van der Waals surface area contributed by atoms with Gasteiger partial charge in [-0.25, -0.2) is 0 Å². The van der Waals surface area contributed by atoms with Crippen LogP contribution in [-0.4, -0.2) is 16.0 Å². The molecule has 0 radical (unpaired) electrons. The molecule has 1 aromatic rings. The van der Waals surface area contributed by atoms with Crippen LogP contribution in [0, 0.1) is 6.92 Å². The number of hydrogen-bond acceptors (Lipinski definition) is 2. The summed E-state index contributed by atoms with van der Waals surface area (Å²) in [6.45, 7) is 4.57. The third-order valence-electron chi connectivity index (χ3n) is 2.25. The molecule has 0 aliphatic heterocycles.